The molecule has 1 aromatic heterocycles. The van der Waals surface area contributed by atoms with Gasteiger partial charge in [-0.3, -0.25) is 4.90 Å². The van der Waals surface area contributed by atoms with Crippen molar-refractivity contribution in [2.24, 2.45) is 5.73 Å². The topological polar surface area (TPSA) is 99.4 Å². The third-order valence-electron chi connectivity index (χ3n) is 3.85. The number of carbonyl (C=O) groups is 1. The van der Waals surface area contributed by atoms with Crippen LogP contribution in [0.25, 0.3) is 0 Å². The molecule has 136 valence electrons. The van der Waals surface area contributed by atoms with Gasteiger partial charge in [0.1, 0.15) is 5.82 Å². The quantitative estimate of drug-likeness (QED) is 0.718. The monoisotopic (exact) mass is 373 g/mol. The predicted octanol–water partition coefficient (Wildman–Crippen LogP) is 2.33. The highest BCUT2D eigenvalue weighted by atomic mass is 35.5. The van der Waals surface area contributed by atoms with E-state index in [1.807, 2.05) is 12.1 Å². The number of carbonyl (C=O) groups excluding carboxylic acids is 1. The van der Waals surface area contributed by atoms with Crippen LogP contribution in [-0.2, 0) is 0 Å². The first-order chi connectivity index (χ1) is 12.5. The molecule has 0 atom stereocenters. The molecule has 1 fully saturated rings. The summed E-state index contributed by atoms with van der Waals surface area (Å²) in [7, 11) is 1.77. The number of anilines is 3. The lowest BCUT2D eigenvalue weighted by atomic mass is 10.3. The minimum Gasteiger partial charge on any atom is -0.399 e. The average molecular weight is 374 g/mol. The van der Waals surface area contributed by atoms with Gasteiger partial charge in [0, 0.05) is 48.9 Å². The van der Waals surface area contributed by atoms with E-state index in [1.54, 1.807) is 47.4 Å². The molecule has 1 aliphatic rings. The third-order valence-corrected chi connectivity index (χ3v) is 4.10. The Kier molecular flexibility index (Phi) is 5.43. The number of halogens is 1. The van der Waals surface area contributed by atoms with Crippen LogP contribution in [0.5, 0.6) is 0 Å². The molecule has 4 N–H and O–H groups in total. The fourth-order valence-electron chi connectivity index (χ4n) is 2.40. The maximum atomic E-state index is 12.0. The average Bonchev–Trinajstić information content (AvgIpc) is 2.99. The van der Waals surface area contributed by atoms with Gasteiger partial charge in [0.2, 0.25) is 5.95 Å². The first kappa shape index (κ1) is 17.8. The van der Waals surface area contributed by atoms with Gasteiger partial charge in [0.05, 0.1) is 6.54 Å². The van der Waals surface area contributed by atoms with Crippen LogP contribution in [0.3, 0.4) is 0 Å². The molecular weight excluding hydrogens is 354 g/mol. The second-order valence-corrected chi connectivity index (χ2v) is 6.25. The van der Waals surface area contributed by atoms with E-state index in [2.05, 4.69) is 20.6 Å². The molecule has 8 nitrogen and oxygen atoms in total. The van der Waals surface area contributed by atoms with Gasteiger partial charge in [-0.15, -0.1) is 0 Å². The summed E-state index contributed by atoms with van der Waals surface area (Å²) >= 11 is 5.85. The van der Waals surface area contributed by atoms with Crippen molar-refractivity contribution in [3.05, 3.63) is 53.4 Å². The van der Waals surface area contributed by atoms with Gasteiger partial charge < -0.3 is 21.3 Å². The molecule has 0 unspecified atom stereocenters. The van der Waals surface area contributed by atoms with Crippen LogP contribution >= 0.6 is 11.6 Å². The molecular formula is C17H20ClN7O. The summed E-state index contributed by atoms with van der Waals surface area (Å²) in [6.45, 7) is 1.65. The summed E-state index contributed by atoms with van der Waals surface area (Å²) < 4.78 is 0. The first-order valence-electron chi connectivity index (χ1n) is 8.09. The van der Waals surface area contributed by atoms with E-state index < -0.39 is 0 Å². The van der Waals surface area contributed by atoms with E-state index in [4.69, 9.17) is 17.3 Å². The molecule has 1 aliphatic heterocycles. The molecule has 1 saturated heterocycles. The summed E-state index contributed by atoms with van der Waals surface area (Å²) in [4.78, 5) is 23.9. The number of likely N-dealkylation sites (N-methyl/N-ethyl adjacent to an activating group) is 1. The lowest BCUT2D eigenvalue weighted by Gasteiger charge is -2.15. The standard InChI is InChI=1S/C17H20ClN7O/c1-24-8-9-25(17(24)26)15-6-7-20-16(23-15)22-11-13(19)10-21-14-4-2-12(18)3-5-14/h2-7,10,21H,8-9,11,19H2,1H3,(H,20,22,23)/b13-10-. The van der Waals surface area contributed by atoms with Gasteiger partial charge in [0.25, 0.3) is 0 Å². The Morgan fingerprint density at radius 3 is 2.77 bits per heavy atom. The van der Waals surface area contributed by atoms with Crippen LogP contribution in [0.1, 0.15) is 0 Å². The van der Waals surface area contributed by atoms with Gasteiger partial charge in [-0.1, -0.05) is 11.6 Å². The second kappa shape index (κ2) is 7.92. The molecule has 9 heteroatoms. The van der Waals surface area contributed by atoms with Gasteiger partial charge in [-0.05, 0) is 30.3 Å². The normalized spacial score (nSPS) is 14.7. The number of rotatable bonds is 6. The van der Waals surface area contributed by atoms with Crippen LogP contribution in [0.2, 0.25) is 5.02 Å². The molecule has 2 heterocycles. The summed E-state index contributed by atoms with van der Waals surface area (Å²) in [5.41, 5.74) is 7.44. The van der Waals surface area contributed by atoms with E-state index in [1.165, 1.54) is 0 Å². The van der Waals surface area contributed by atoms with Crippen LogP contribution in [0.4, 0.5) is 22.2 Å². The zero-order valence-electron chi connectivity index (χ0n) is 14.3. The SMILES string of the molecule is CN1CCN(c2ccnc(NC/C(N)=C/Nc3ccc(Cl)cc3)n2)C1=O. The molecule has 2 aromatic rings. The zero-order valence-corrected chi connectivity index (χ0v) is 15.1. The van der Waals surface area contributed by atoms with Crippen LogP contribution in [-0.4, -0.2) is 47.6 Å². The van der Waals surface area contributed by atoms with E-state index >= 15 is 0 Å². The predicted molar refractivity (Wildman–Crippen MR) is 103 cm³/mol. The van der Waals surface area contributed by atoms with Gasteiger partial charge in [-0.25, -0.2) is 9.78 Å². The number of nitrogens with zero attached hydrogens (tertiary/aromatic N) is 4. The number of hydrogen-bond donors (Lipinski definition) is 3. The zero-order chi connectivity index (χ0) is 18.5. The molecule has 0 saturated carbocycles. The maximum Gasteiger partial charge on any atom is 0.325 e. The molecule has 0 aliphatic carbocycles. The van der Waals surface area contributed by atoms with Crippen molar-refractivity contribution < 1.29 is 4.79 Å². The van der Waals surface area contributed by atoms with Crippen molar-refractivity contribution in [1.82, 2.24) is 14.9 Å². The molecule has 0 radical (unpaired) electrons. The summed E-state index contributed by atoms with van der Waals surface area (Å²) in [5.74, 6) is 0.978. The van der Waals surface area contributed by atoms with Crippen molar-refractivity contribution >= 4 is 35.1 Å². The van der Waals surface area contributed by atoms with Gasteiger partial charge >= 0.3 is 6.03 Å². The van der Waals surface area contributed by atoms with Crippen molar-refractivity contribution in [1.29, 1.82) is 0 Å². The van der Waals surface area contributed by atoms with Crippen molar-refractivity contribution in [3.63, 3.8) is 0 Å². The number of nitrogens with one attached hydrogen (secondary N) is 2. The van der Waals surface area contributed by atoms with Crippen molar-refractivity contribution in [2.75, 3.05) is 42.2 Å². The summed E-state index contributed by atoms with van der Waals surface area (Å²) in [6.07, 6.45) is 3.31. The van der Waals surface area contributed by atoms with Crippen LogP contribution < -0.4 is 21.3 Å². The Morgan fingerprint density at radius 1 is 1.31 bits per heavy atom. The highest BCUT2D eigenvalue weighted by Crippen LogP contribution is 2.17. The first-order valence-corrected chi connectivity index (χ1v) is 8.47. The lowest BCUT2D eigenvalue weighted by Crippen LogP contribution is -2.30. The van der Waals surface area contributed by atoms with Crippen molar-refractivity contribution in [3.8, 4) is 0 Å². The fourth-order valence-corrected chi connectivity index (χ4v) is 2.52. The number of nitrogens with two attached hydrogens (primary N) is 1. The van der Waals surface area contributed by atoms with Crippen LogP contribution in [0.15, 0.2) is 48.4 Å². The third kappa shape index (κ3) is 4.34. The molecule has 3 rings (SSSR count). The largest absolute Gasteiger partial charge is 0.399 e. The molecule has 0 bridgehead atoms. The molecule has 26 heavy (non-hydrogen) atoms. The highest BCUT2D eigenvalue weighted by Gasteiger charge is 2.27. The number of hydrogen-bond acceptors (Lipinski definition) is 6. The van der Waals surface area contributed by atoms with Crippen molar-refractivity contribution in [2.45, 2.75) is 0 Å². The minimum absolute atomic E-state index is 0.0683. The maximum absolute atomic E-state index is 12.0. The van der Waals surface area contributed by atoms with E-state index in [9.17, 15) is 4.79 Å². The van der Waals surface area contributed by atoms with Gasteiger partial charge in [0.15, 0.2) is 0 Å². The summed E-state index contributed by atoms with van der Waals surface area (Å²) in [5, 5.41) is 6.82. The highest BCUT2D eigenvalue weighted by molar-refractivity contribution is 6.30. The van der Waals surface area contributed by atoms with E-state index in [0.717, 1.165) is 5.69 Å². The fraction of sp³-hybridized carbons (Fsp3) is 0.235. The molecule has 0 spiro atoms. The number of amides is 2. The van der Waals surface area contributed by atoms with Crippen LogP contribution in [0, 0.1) is 0 Å². The summed E-state index contributed by atoms with van der Waals surface area (Å²) in [6, 6.07) is 8.95. The molecule has 1 aromatic carbocycles. The Hall–Kier alpha value is -3.00. The Labute approximate surface area is 156 Å². The smallest absolute Gasteiger partial charge is 0.325 e. The van der Waals surface area contributed by atoms with E-state index in [-0.39, 0.29) is 6.03 Å². The Morgan fingerprint density at radius 2 is 2.08 bits per heavy atom. The van der Waals surface area contributed by atoms with Gasteiger partial charge in [-0.2, -0.15) is 4.98 Å². The number of urea groups is 1. The Bertz CT molecular complexity index is 809. The second-order valence-electron chi connectivity index (χ2n) is 5.82. The lowest BCUT2D eigenvalue weighted by molar-refractivity contribution is 0.229. The minimum atomic E-state index is -0.0683. The Balaban J connectivity index is 1.57. The van der Waals surface area contributed by atoms with E-state index in [0.29, 0.717) is 42.1 Å². The number of aromatic nitrogens is 2. The molecule has 2 amide bonds. The number of benzene rings is 1.